The Kier molecular flexibility index (Phi) is 6.12. The molecule has 1 atom stereocenters. The van der Waals surface area contributed by atoms with Gasteiger partial charge in [0.05, 0.1) is 17.1 Å². The van der Waals surface area contributed by atoms with Crippen molar-refractivity contribution in [1.29, 1.82) is 0 Å². The zero-order valence-corrected chi connectivity index (χ0v) is 19.9. The van der Waals surface area contributed by atoms with Crippen molar-refractivity contribution in [3.05, 3.63) is 101 Å². The predicted molar refractivity (Wildman–Crippen MR) is 138 cm³/mol. The van der Waals surface area contributed by atoms with Crippen LogP contribution in [-0.2, 0) is 4.79 Å². The number of benzene rings is 3. The molecule has 0 N–H and O–H groups in total. The van der Waals surface area contributed by atoms with Gasteiger partial charge in [-0.05, 0) is 38.1 Å². The second kappa shape index (κ2) is 9.52. The molecule has 2 heterocycles. The molecule has 1 aliphatic rings. The molecule has 5 rings (SSSR count). The first-order chi connectivity index (χ1) is 17.0. The molecule has 35 heavy (non-hydrogen) atoms. The van der Waals surface area contributed by atoms with E-state index in [1.165, 1.54) is 21.9 Å². The van der Waals surface area contributed by atoms with Crippen LogP contribution in [-0.4, -0.2) is 28.4 Å². The minimum Gasteiger partial charge on any atom is -0.289 e. The van der Waals surface area contributed by atoms with E-state index >= 15 is 0 Å². The van der Waals surface area contributed by atoms with Crippen molar-refractivity contribution in [3.8, 4) is 11.3 Å². The summed E-state index contributed by atoms with van der Waals surface area (Å²) < 4.78 is 0. The quantitative estimate of drug-likeness (QED) is 0.243. The number of azo groups is 1. The van der Waals surface area contributed by atoms with Gasteiger partial charge in [-0.3, -0.25) is 9.59 Å². The molecule has 0 radical (unpaired) electrons. The number of anilines is 1. The lowest BCUT2D eigenvalue weighted by atomic mass is 10.0. The summed E-state index contributed by atoms with van der Waals surface area (Å²) in [5, 5.41) is 16.5. The first-order valence-corrected chi connectivity index (χ1v) is 11.9. The Morgan fingerprint density at radius 2 is 1.60 bits per heavy atom. The Labute approximate surface area is 206 Å². The predicted octanol–water partition coefficient (Wildman–Crippen LogP) is 6.22. The summed E-state index contributed by atoms with van der Waals surface area (Å²) >= 11 is 1.35. The van der Waals surface area contributed by atoms with Crippen LogP contribution in [0.4, 0.5) is 10.8 Å². The van der Waals surface area contributed by atoms with Crippen LogP contribution in [0.15, 0.2) is 99.6 Å². The maximum atomic E-state index is 13.0. The van der Waals surface area contributed by atoms with Crippen molar-refractivity contribution >= 4 is 39.6 Å². The number of rotatable bonds is 6. The first-order valence-electron chi connectivity index (χ1n) is 11.0. The van der Waals surface area contributed by atoms with E-state index in [-0.39, 0.29) is 11.7 Å². The molecule has 1 amide bonds. The molecule has 1 aliphatic heterocycles. The smallest absolute Gasteiger partial charge is 0.282 e. The van der Waals surface area contributed by atoms with Crippen LogP contribution in [0, 0.1) is 6.92 Å². The molecule has 0 fully saturated rings. The number of hydrazone groups is 1. The Hall–Kier alpha value is -4.30. The van der Waals surface area contributed by atoms with E-state index in [1.54, 1.807) is 43.3 Å². The molecule has 4 aromatic rings. The maximum absolute atomic E-state index is 13.0. The Balaban J connectivity index is 1.28. The van der Waals surface area contributed by atoms with Crippen LogP contribution in [0.5, 0.6) is 0 Å². The highest BCUT2D eigenvalue weighted by Crippen LogP contribution is 2.31. The Bertz CT molecular complexity index is 1440. The average molecular weight is 480 g/mol. The lowest BCUT2D eigenvalue weighted by Crippen LogP contribution is -2.29. The van der Waals surface area contributed by atoms with Gasteiger partial charge in [0.15, 0.2) is 11.8 Å². The fraction of sp³-hybridized carbons (Fsp3) is 0.111. The highest BCUT2D eigenvalue weighted by Gasteiger charge is 2.36. The highest BCUT2D eigenvalue weighted by molar-refractivity contribution is 7.14. The third-order valence-corrected chi connectivity index (χ3v) is 6.39. The van der Waals surface area contributed by atoms with Crippen LogP contribution in [0.3, 0.4) is 0 Å². The van der Waals surface area contributed by atoms with E-state index in [4.69, 9.17) is 0 Å². The third-order valence-electron chi connectivity index (χ3n) is 5.57. The molecule has 0 saturated heterocycles. The lowest BCUT2D eigenvalue weighted by Gasteiger charge is -2.08. The van der Waals surface area contributed by atoms with Gasteiger partial charge in [-0.15, -0.1) is 11.3 Å². The van der Waals surface area contributed by atoms with Crippen molar-refractivity contribution in [1.82, 2.24) is 4.98 Å². The molecule has 0 spiro atoms. The van der Waals surface area contributed by atoms with E-state index in [0.717, 1.165) is 11.3 Å². The van der Waals surface area contributed by atoms with Crippen molar-refractivity contribution in [2.45, 2.75) is 19.9 Å². The number of aromatic nitrogens is 1. The van der Waals surface area contributed by atoms with Gasteiger partial charge in [-0.2, -0.15) is 20.3 Å². The second-order valence-electron chi connectivity index (χ2n) is 8.13. The van der Waals surface area contributed by atoms with Gasteiger partial charge in [-0.1, -0.05) is 60.2 Å². The van der Waals surface area contributed by atoms with Gasteiger partial charge in [0.2, 0.25) is 5.13 Å². The first kappa shape index (κ1) is 22.5. The monoisotopic (exact) mass is 479 g/mol. The van der Waals surface area contributed by atoms with Crippen LogP contribution < -0.4 is 5.01 Å². The summed E-state index contributed by atoms with van der Waals surface area (Å²) in [5.41, 5.74) is 5.22. The maximum Gasteiger partial charge on any atom is 0.282 e. The minimum absolute atomic E-state index is 0.0628. The van der Waals surface area contributed by atoms with Gasteiger partial charge in [-0.25, -0.2) is 4.98 Å². The van der Waals surface area contributed by atoms with E-state index in [1.807, 2.05) is 54.8 Å². The number of carbonyl (C=O) groups is 2. The second-order valence-corrected chi connectivity index (χ2v) is 8.97. The zero-order valence-electron chi connectivity index (χ0n) is 19.1. The van der Waals surface area contributed by atoms with E-state index < -0.39 is 6.04 Å². The molecule has 1 unspecified atom stereocenters. The van der Waals surface area contributed by atoms with Crippen LogP contribution in [0.2, 0.25) is 0 Å². The van der Waals surface area contributed by atoms with E-state index in [2.05, 4.69) is 20.3 Å². The molecule has 0 bridgehead atoms. The molecule has 0 aliphatic carbocycles. The number of carbonyl (C=O) groups excluding carboxylic acids is 2. The molecule has 1 aromatic heterocycles. The highest BCUT2D eigenvalue weighted by atomic mass is 32.1. The SMILES string of the molecule is CC1=NN(c2nc(-c3ccc(C)cc3)cs2)C(=O)C1N=Nc1ccc(C(=O)c2ccccc2)cc1. The third kappa shape index (κ3) is 4.69. The largest absolute Gasteiger partial charge is 0.289 e. The van der Waals surface area contributed by atoms with E-state index in [9.17, 15) is 9.59 Å². The molecular formula is C27H21N5O2S. The van der Waals surface area contributed by atoms with Gasteiger partial charge in [0.1, 0.15) is 0 Å². The van der Waals surface area contributed by atoms with E-state index in [0.29, 0.717) is 27.7 Å². The molecule has 0 saturated carbocycles. The number of thiazole rings is 1. The van der Waals surface area contributed by atoms with Gasteiger partial charge in [0, 0.05) is 22.1 Å². The number of aryl methyl sites for hydroxylation is 1. The lowest BCUT2D eigenvalue weighted by molar-refractivity contribution is -0.117. The van der Waals surface area contributed by atoms with Crippen LogP contribution in [0.25, 0.3) is 11.3 Å². The van der Waals surface area contributed by atoms with Crippen molar-refractivity contribution in [3.63, 3.8) is 0 Å². The summed E-state index contributed by atoms with van der Waals surface area (Å²) in [6, 6.07) is 23.2. The summed E-state index contributed by atoms with van der Waals surface area (Å²) in [4.78, 5) is 30.2. The normalized spacial score (nSPS) is 15.6. The van der Waals surface area contributed by atoms with Crippen molar-refractivity contribution < 1.29 is 9.59 Å². The Morgan fingerprint density at radius 3 is 2.31 bits per heavy atom. The molecule has 8 heteroatoms. The Morgan fingerprint density at radius 1 is 0.914 bits per heavy atom. The number of amides is 1. The number of hydrogen-bond acceptors (Lipinski definition) is 7. The summed E-state index contributed by atoms with van der Waals surface area (Å²) in [6.45, 7) is 3.78. The fourth-order valence-electron chi connectivity index (χ4n) is 3.60. The summed E-state index contributed by atoms with van der Waals surface area (Å²) in [6.07, 6.45) is 0. The zero-order chi connectivity index (χ0) is 24.4. The number of hydrogen-bond donors (Lipinski definition) is 0. The van der Waals surface area contributed by atoms with Crippen molar-refractivity contribution in [2.75, 3.05) is 5.01 Å². The van der Waals surface area contributed by atoms with Crippen LogP contribution in [0.1, 0.15) is 28.4 Å². The average Bonchev–Trinajstić information content (AvgIpc) is 3.48. The number of ketones is 1. The molecular weight excluding hydrogens is 458 g/mol. The summed E-state index contributed by atoms with van der Waals surface area (Å²) in [7, 11) is 0. The molecule has 3 aromatic carbocycles. The molecule has 7 nitrogen and oxygen atoms in total. The molecule has 172 valence electrons. The van der Waals surface area contributed by atoms with Gasteiger partial charge >= 0.3 is 0 Å². The number of nitrogens with zero attached hydrogens (tertiary/aromatic N) is 5. The minimum atomic E-state index is -0.813. The fourth-order valence-corrected chi connectivity index (χ4v) is 4.39. The summed E-state index contributed by atoms with van der Waals surface area (Å²) in [5.74, 6) is -0.362. The van der Waals surface area contributed by atoms with Crippen molar-refractivity contribution in [2.24, 2.45) is 15.3 Å². The van der Waals surface area contributed by atoms with Gasteiger partial charge < -0.3 is 0 Å². The standard InChI is InChI=1S/C27H21N5O2S/c1-17-8-10-19(11-9-17)23-16-35-27(28-23)32-26(34)24(18(2)31-32)30-29-22-14-12-21(13-15-22)25(33)20-6-4-3-5-7-20/h3-16,24H,1-2H3. The van der Waals surface area contributed by atoms with Gasteiger partial charge in [0.25, 0.3) is 5.91 Å². The van der Waals surface area contributed by atoms with Crippen LogP contribution >= 0.6 is 11.3 Å². The topological polar surface area (TPSA) is 87.3 Å².